The number of halogens is 1. The van der Waals surface area contributed by atoms with Crippen LogP contribution in [0.1, 0.15) is 29.9 Å². The molecule has 0 spiro atoms. The number of carbonyl (C=O) groups excluding carboxylic acids is 1. The fraction of sp³-hybridized carbons (Fsp3) is 0.143. The topological polar surface area (TPSA) is 98.4 Å². The van der Waals surface area contributed by atoms with Crippen molar-refractivity contribution in [1.82, 2.24) is 3.97 Å². The van der Waals surface area contributed by atoms with Gasteiger partial charge in [-0.15, -0.1) is 0 Å². The Morgan fingerprint density at radius 2 is 1.82 bits per heavy atom. The molecule has 0 radical (unpaired) electrons. The van der Waals surface area contributed by atoms with E-state index in [-0.39, 0.29) is 22.7 Å². The van der Waals surface area contributed by atoms with E-state index in [2.05, 4.69) is 0 Å². The maximum Gasteiger partial charge on any atom is 0.356 e. The lowest BCUT2D eigenvalue weighted by Gasteiger charge is -2.20. The lowest BCUT2D eigenvalue weighted by Crippen LogP contribution is -2.26. The largest absolute Gasteiger partial charge is 0.461 e. The second-order valence-corrected chi connectivity index (χ2v) is 12.0. The summed E-state index contributed by atoms with van der Waals surface area (Å²) in [6.07, 6.45) is 3.03. The summed E-state index contributed by atoms with van der Waals surface area (Å²) in [6, 6.07) is 22.0. The van der Waals surface area contributed by atoms with Crippen molar-refractivity contribution in [1.29, 1.82) is 5.26 Å². The number of rotatable bonds is 9. The van der Waals surface area contributed by atoms with Crippen molar-refractivity contribution in [2.24, 2.45) is 0 Å². The number of hydrogen-bond acceptors (Lipinski definition) is 6. The van der Waals surface area contributed by atoms with Gasteiger partial charge in [0.1, 0.15) is 0 Å². The van der Waals surface area contributed by atoms with Crippen LogP contribution < -0.4 is 10.6 Å². The van der Waals surface area contributed by atoms with Crippen LogP contribution in [0, 0.1) is 11.3 Å². The molecule has 0 aliphatic heterocycles. The Kier molecular flexibility index (Phi) is 8.65. The summed E-state index contributed by atoms with van der Waals surface area (Å²) in [4.78, 5) is 13.6. The summed E-state index contributed by atoms with van der Waals surface area (Å²) in [5, 5.41) is 10.9. The van der Waals surface area contributed by atoms with E-state index < -0.39 is 24.1 Å². The third-order valence-corrected chi connectivity index (χ3v) is 9.61. The zero-order valence-corrected chi connectivity index (χ0v) is 23.1. The highest BCUT2D eigenvalue weighted by molar-refractivity contribution is 7.90. The first-order valence-corrected chi connectivity index (χ1v) is 14.8. The zero-order valence-electron chi connectivity index (χ0n) is 20.7. The molecule has 0 N–H and O–H groups in total. The number of fused-ring (bicyclic) bond motifs is 1. The highest BCUT2D eigenvalue weighted by Crippen LogP contribution is 2.42. The van der Waals surface area contributed by atoms with Crippen LogP contribution >= 0.6 is 19.7 Å². The van der Waals surface area contributed by atoms with E-state index >= 15 is 0 Å². The predicted molar refractivity (Wildman–Crippen MR) is 151 cm³/mol. The summed E-state index contributed by atoms with van der Waals surface area (Å²) in [6.45, 7) is 3.83. The second-order valence-electron chi connectivity index (χ2n) is 7.93. The fourth-order valence-corrected chi connectivity index (χ4v) is 7.88. The molecule has 3 aromatic carbocycles. The average molecular weight is 567 g/mol. The highest BCUT2D eigenvalue weighted by atomic mass is 35.5. The van der Waals surface area contributed by atoms with Gasteiger partial charge in [-0.1, -0.05) is 48.0 Å². The van der Waals surface area contributed by atoms with Crippen molar-refractivity contribution in [3.05, 3.63) is 95.2 Å². The number of allylic oxidation sites excluding steroid dienone is 1. The number of esters is 1. The highest BCUT2D eigenvalue weighted by Gasteiger charge is 2.36. The number of benzene rings is 3. The molecular formula is C28H24ClN2O5PS. The van der Waals surface area contributed by atoms with Crippen molar-refractivity contribution < 1.29 is 22.5 Å². The van der Waals surface area contributed by atoms with Crippen LogP contribution in [0.5, 0.6) is 0 Å². The molecule has 0 fully saturated rings. The molecule has 4 aromatic rings. The molecule has 0 aliphatic carbocycles. The molecule has 0 bridgehead atoms. The predicted octanol–water partition coefficient (Wildman–Crippen LogP) is 5.63. The van der Waals surface area contributed by atoms with Gasteiger partial charge in [-0.3, -0.25) is 0 Å². The summed E-state index contributed by atoms with van der Waals surface area (Å²) >= 11 is 6.39. The van der Waals surface area contributed by atoms with Crippen LogP contribution in [0.3, 0.4) is 0 Å². The van der Waals surface area contributed by atoms with Crippen molar-refractivity contribution in [3.63, 3.8) is 0 Å². The monoisotopic (exact) mass is 566 g/mol. The Bertz CT molecular complexity index is 1660. The van der Waals surface area contributed by atoms with E-state index in [4.69, 9.17) is 26.1 Å². The van der Waals surface area contributed by atoms with E-state index in [0.717, 1.165) is 14.8 Å². The van der Waals surface area contributed by atoms with Gasteiger partial charge in [0, 0.05) is 33.7 Å². The molecule has 0 saturated carbocycles. The van der Waals surface area contributed by atoms with Gasteiger partial charge in [0.15, 0.2) is 5.69 Å². The van der Waals surface area contributed by atoms with Crippen LogP contribution in [0.2, 0.25) is 5.02 Å². The SMILES string of the molecule is CCOC(=O)c1c(P(OCC)c2cccc(/C=C\C#N)c2)c2cc(Cl)ccc2n1S(=O)(=O)c1ccccc1. The van der Waals surface area contributed by atoms with E-state index in [1.807, 2.05) is 37.3 Å². The van der Waals surface area contributed by atoms with Gasteiger partial charge in [0.05, 0.1) is 31.2 Å². The minimum Gasteiger partial charge on any atom is -0.461 e. The van der Waals surface area contributed by atoms with Gasteiger partial charge in [-0.25, -0.2) is 17.2 Å². The molecule has 0 aliphatic rings. The van der Waals surface area contributed by atoms with E-state index in [1.54, 1.807) is 49.4 Å². The minimum atomic E-state index is -4.22. The maximum atomic E-state index is 14.0. The number of ether oxygens (including phenoxy) is 1. The van der Waals surface area contributed by atoms with Gasteiger partial charge in [0.2, 0.25) is 0 Å². The smallest absolute Gasteiger partial charge is 0.356 e. The fourth-order valence-electron chi connectivity index (χ4n) is 4.04. The molecule has 10 heteroatoms. The molecule has 1 unspecified atom stereocenters. The first kappa shape index (κ1) is 27.6. The second kappa shape index (κ2) is 11.9. The van der Waals surface area contributed by atoms with Gasteiger partial charge < -0.3 is 9.26 Å². The molecule has 7 nitrogen and oxygen atoms in total. The van der Waals surface area contributed by atoms with Crippen LogP contribution in [-0.4, -0.2) is 31.6 Å². The third-order valence-electron chi connectivity index (χ3n) is 5.53. The standard InChI is InChI=1S/C28H24ClN2O5PS/c1-3-35-28(32)26-27(37(36-4-2)22-12-8-10-20(18-22)11-9-17-30)24-19-21(29)15-16-25(24)31(26)38(33,34)23-13-6-5-7-14-23/h5-16,18-19H,3-4H2,1-2H3/b11-9-. The third kappa shape index (κ3) is 5.38. The molecule has 1 atom stereocenters. The first-order valence-electron chi connectivity index (χ1n) is 11.7. The van der Waals surface area contributed by atoms with Crippen LogP contribution in [0.25, 0.3) is 17.0 Å². The summed E-state index contributed by atoms with van der Waals surface area (Å²) in [5.41, 5.74) is 0.905. The van der Waals surface area contributed by atoms with Gasteiger partial charge in [0.25, 0.3) is 10.0 Å². The normalized spacial score (nSPS) is 12.5. The Labute approximate surface area is 227 Å². The maximum absolute atomic E-state index is 14.0. The molecule has 194 valence electrons. The Morgan fingerprint density at radius 1 is 1.05 bits per heavy atom. The van der Waals surface area contributed by atoms with Crippen molar-refractivity contribution in [2.75, 3.05) is 13.2 Å². The number of nitriles is 1. The van der Waals surface area contributed by atoms with Crippen LogP contribution in [0.4, 0.5) is 0 Å². The van der Waals surface area contributed by atoms with E-state index in [9.17, 15) is 13.2 Å². The molecule has 0 amide bonds. The van der Waals surface area contributed by atoms with Crippen molar-refractivity contribution in [3.8, 4) is 6.07 Å². The van der Waals surface area contributed by atoms with Crippen LogP contribution in [-0.2, 0) is 19.3 Å². The van der Waals surface area contributed by atoms with Crippen molar-refractivity contribution in [2.45, 2.75) is 18.7 Å². The Hall–Kier alpha value is -3.47. The van der Waals surface area contributed by atoms with Gasteiger partial charge in [-0.05, 0) is 61.9 Å². The van der Waals surface area contributed by atoms with Gasteiger partial charge >= 0.3 is 5.97 Å². The summed E-state index contributed by atoms with van der Waals surface area (Å²) in [5.74, 6) is -0.790. The van der Waals surface area contributed by atoms with Crippen molar-refractivity contribution >= 4 is 63.3 Å². The summed E-state index contributed by atoms with van der Waals surface area (Å²) in [7, 11) is -5.94. The molecule has 1 aromatic heterocycles. The number of aromatic nitrogens is 1. The van der Waals surface area contributed by atoms with E-state index in [0.29, 0.717) is 22.3 Å². The quantitative estimate of drug-likeness (QED) is 0.148. The number of hydrogen-bond donors (Lipinski definition) is 0. The number of carbonyl (C=O) groups is 1. The lowest BCUT2D eigenvalue weighted by molar-refractivity contribution is 0.0520. The Balaban J connectivity index is 2.12. The summed E-state index contributed by atoms with van der Waals surface area (Å²) < 4.78 is 40.7. The molecule has 4 rings (SSSR count). The van der Waals surface area contributed by atoms with E-state index in [1.165, 1.54) is 18.2 Å². The molecule has 38 heavy (non-hydrogen) atoms. The molecule has 0 saturated heterocycles. The number of nitrogens with zero attached hydrogens (tertiary/aromatic N) is 2. The molecule has 1 heterocycles. The minimum absolute atomic E-state index is 0.0216. The average Bonchev–Trinajstić information content (AvgIpc) is 3.26. The Morgan fingerprint density at radius 3 is 2.50 bits per heavy atom. The van der Waals surface area contributed by atoms with Crippen LogP contribution in [0.15, 0.2) is 83.8 Å². The van der Waals surface area contributed by atoms with Gasteiger partial charge in [-0.2, -0.15) is 5.26 Å². The first-order chi connectivity index (χ1) is 18.3. The lowest BCUT2D eigenvalue weighted by atomic mass is 10.2. The molecular weight excluding hydrogens is 543 g/mol. The zero-order chi connectivity index (χ0) is 27.3.